The van der Waals surface area contributed by atoms with Gasteiger partial charge in [0.2, 0.25) is 0 Å². The van der Waals surface area contributed by atoms with E-state index in [2.05, 4.69) is 61.7 Å². The molecule has 1 aromatic carbocycles. The molecule has 0 amide bonds. The Bertz CT molecular complexity index is 1990. The zero-order valence-corrected chi connectivity index (χ0v) is 29.7. The third-order valence-electron chi connectivity index (χ3n) is 10.2. The molecule has 2 N–H and O–H groups in total. The Kier molecular flexibility index (Phi) is 10.00. The molecule has 6 rings (SSSR count). The van der Waals surface area contributed by atoms with Gasteiger partial charge in [0, 0.05) is 60.3 Å². The van der Waals surface area contributed by atoms with E-state index in [9.17, 15) is 32.0 Å². The highest BCUT2D eigenvalue weighted by molar-refractivity contribution is 7.91. The molecule has 2 aliphatic heterocycles. The molecule has 0 saturated carbocycles. The fraction of sp³-hybridized carbons (Fsp3) is 0.559. The van der Waals surface area contributed by atoms with Crippen molar-refractivity contribution < 1.29 is 26.7 Å². The zero-order chi connectivity index (χ0) is 35.2. The third kappa shape index (κ3) is 7.58. The number of rotatable bonds is 9. The molecule has 5 heterocycles. The smallest absolute Gasteiger partial charge is 0.379 e. The summed E-state index contributed by atoms with van der Waals surface area (Å²) in [7, 11) is -3.04. The Morgan fingerprint density at radius 3 is 2.41 bits per heavy atom. The minimum atomic E-state index is -4.75. The van der Waals surface area contributed by atoms with Crippen LogP contribution in [0.25, 0.3) is 21.1 Å². The number of thiophene rings is 1. The van der Waals surface area contributed by atoms with Crippen molar-refractivity contribution in [3.8, 4) is 6.07 Å². The van der Waals surface area contributed by atoms with Crippen LogP contribution in [0, 0.1) is 25.2 Å². The van der Waals surface area contributed by atoms with Crippen molar-refractivity contribution in [2.75, 3.05) is 37.8 Å². The van der Waals surface area contributed by atoms with Crippen LogP contribution in [-0.4, -0.2) is 93.8 Å². The number of aromatic nitrogens is 3. The van der Waals surface area contributed by atoms with E-state index in [0.717, 1.165) is 73.4 Å². The van der Waals surface area contributed by atoms with Crippen molar-refractivity contribution in [1.82, 2.24) is 24.3 Å². The molecule has 2 saturated heterocycles. The van der Waals surface area contributed by atoms with Crippen molar-refractivity contribution in [3.63, 3.8) is 0 Å². The van der Waals surface area contributed by atoms with Crippen molar-refractivity contribution >= 4 is 48.1 Å². The standard InChI is InChI=1S/C34H42F3N7O3S2/c1-20(43-13-9-26(10-14-43)49(4,46)47)18-44-25(17-38)15-27-21(2)23(5-6-29(27)44)19-42-11-7-24(8-12-42)41-32-28-16-30(31(45)34(35,36)37)48-33(28)40-22(3)39-32/h5-6,15-16,20,24,26,31,45H,7-14,18-19H2,1-4H3,(H,39,40,41)/t20-,31?/m0/s1. The first-order valence-electron chi connectivity index (χ1n) is 16.6. The van der Waals surface area contributed by atoms with Gasteiger partial charge in [-0.05, 0) is 88.9 Å². The maximum Gasteiger partial charge on any atom is 0.419 e. The summed E-state index contributed by atoms with van der Waals surface area (Å²) in [6.07, 6.45) is -3.09. The fourth-order valence-corrected chi connectivity index (χ4v) is 9.38. The van der Waals surface area contributed by atoms with Gasteiger partial charge in [-0.25, -0.2) is 18.4 Å². The van der Waals surface area contributed by atoms with Crippen LogP contribution in [0.1, 0.15) is 66.2 Å². The van der Waals surface area contributed by atoms with Crippen LogP contribution in [0.2, 0.25) is 0 Å². The minimum absolute atomic E-state index is 0.0830. The topological polar surface area (TPSA) is 127 Å². The summed E-state index contributed by atoms with van der Waals surface area (Å²) in [5.41, 5.74) is 3.96. The van der Waals surface area contributed by atoms with Crippen molar-refractivity contribution in [2.24, 2.45) is 0 Å². The summed E-state index contributed by atoms with van der Waals surface area (Å²) in [6.45, 7) is 10.4. The van der Waals surface area contributed by atoms with Gasteiger partial charge in [0.05, 0.1) is 10.6 Å². The largest absolute Gasteiger partial charge is 0.419 e. The Morgan fingerprint density at radius 1 is 1.08 bits per heavy atom. The van der Waals surface area contributed by atoms with Gasteiger partial charge in [0.15, 0.2) is 6.10 Å². The second-order valence-electron chi connectivity index (χ2n) is 13.6. The first-order chi connectivity index (χ1) is 23.1. The van der Waals surface area contributed by atoms with Gasteiger partial charge < -0.3 is 15.0 Å². The SMILES string of the molecule is Cc1nc(NC2CCN(Cc3ccc4c(cc(C#N)n4C[C@H](C)N4CCC(S(C)(=O)=O)CC4)c3C)CC2)c2cc(C(O)C(F)(F)F)sc2n1. The van der Waals surface area contributed by atoms with E-state index in [1.54, 1.807) is 6.92 Å². The van der Waals surface area contributed by atoms with Gasteiger partial charge >= 0.3 is 6.18 Å². The molecule has 0 aliphatic carbocycles. The number of nitrogens with zero attached hydrogens (tertiary/aromatic N) is 6. The highest BCUT2D eigenvalue weighted by Gasteiger charge is 2.41. The maximum absolute atomic E-state index is 13.2. The highest BCUT2D eigenvalue weighted by atomic mass is 32.2. The molecule has 4 aromatic rings. The zero-order valence-electron chi connectivity index (χ0n) is 28.1. The van der Waals surface area contributed by atoms with Crippen LogP contribution in [0.4, 0.5) is 19.0 Å². The number of piperidine rings is 2. The number of fused-ring (bicyclic) bond motifs is 2. The van der Waals surface area contributed by atoms with Crippen molar-refractivity contribution in [2.45, 2.75) is 89.2 Å². The Labute approximate surface area is 288 Å². The van der Waals surface area contributed by atoms with Gasteiger partial charge in [-0.3, -0.25) is 9.80 Å². The summed E-state index contributed by atoms with van der Waals surface area (Å²) in [6, 6.07) is 10.2. The number of halogens is 3. The Morgan fingerprint density at radius 2 is 1.78 bits per heavy atom. The lowest BCUT2D eigenvalue weighted by atomic mass is 10.0. The number of hydrogen-bond donors (Lipinski definition) is 2. The number of likely N-dealkylation sites (tertiary alicyclic amines) is 2. The first kappa shape index (κ1) is 35.5. The van der Waals surface area contributed by atoms with E-state index in [1.807, 2.05) is 6.07 Å². The summed E-state index contributed by atoms with van der Waals surface area (Å²) in [4.78, 5) is 13.7. The number of nitrogens with one attached hydrogen (secondary N) is 1. The predicted octanol–water partition coefficient (Wildman–Crippen LogP) is 5.70. The van der Waals surface area contributed by atoms with E-state index in [4.69, 9.17) is 0 Å². The average molecular weight is 718 g/mol. The van der Waals surface area contributed by atoms with Crippen LogP contribution in [-0.2, 0) is 22.9 Å². The van der Waals surface area contributed by atoms with Crippen LogP contribution < -0.4 is 5.32 Å². The summed E-state index contributed by atoms with van der Waals surface area (Å²) < 4.78 is 65.6. The Balaban J connectivity index is 1.10. The number of benzene rings is 1. The van der Waals surface area contributed by atoms with E-state index in [-0.39, 0.29) is 22.2 Å². The number of anilines is 1. The van der Waals surface area contributed by atoms with Crippen LogP contribution in [0.3, 0.4) is 0 Å². The summed E-state index contributed by atoms with van der Waals surface area (Å²) in [5.74, 6) is 0.940. The lowest BCUT2D eigenvalue weighted by molar-refractivity contribution is -0.205. The van der Waals surface area contributed by atoms with Gasteiger partial charge in [-0.1, -0.05) is 6.07 Å². The van der Waals surface area contributed by atoms with Gasteiger partial charge in [-0.15, -0.1) is 11.3 Å². The quantitative estimate of drug-likeness (QED) is 0.224. The van der Waals surface area contributed by atoms with E-state index in [0.29, 0.717) is 46.9 Å². The molecule has 2 aliphatic rings. The molecular weight excluding hydrogens is 676 g/mol. The monoisotopic (exact) mass is 717 g/mol. The molecule has 2 fully saturated rings. The molecule has 10 nitrogen and oxygen atoms in total. The minimum Gasteiger partial charge on any atom is -0.379 e. The highest BCUT2D eigenvalue weighted by Crippen LogP contribution is 2.40. The molecule has 15 heteroatoms. The molecule has 264 valence electrons. The number of aryl methyl sites for hydroxylation is 2. The molecule has 49 heavy (non-hydrogen) atoms. The average Bonchev–Trinajstić information content (AvgIpc) is 3.64. The van der Waals surface area contributed by atoms with Crippen LogP contribution >= 0.6 is 11.3 Å². The van der Waals surface area contributed by atoms with E-state index >= 15 is 0 Å². The Hall–Kier alpha value is -3.29. The molecule has 0 spiro atoms. The normalized spacial score (nSPS) is 19.0. The maximum atomic E-state index is 13.2. The lowest BCUT2D eigenvalue weighted by Gasteiger charge is -2.35. The molecule has 0 radical (unpaired) electrons. The molecule has 3 aromatic heterocycles. The van der Waals surface area contributed by atoms with Crippen LogP contribution in [0.15, 0.2) is 24.3 Å². The number of nitriles is 1. The van der Waals surface area contributed by atoms with Gasteiger partial charge in [-0.2, -0.15) is 18.4 Å². The second kappa shape index (κ2) is 13.8. The number of sulfone groups is 1. The number of aliphatic hydroxyl groups is 1. The van der Waals surface area contributed by atoms with Gasteiger partial charge in [0.1, 0.15) is 38.1 Å². The number of alkyl halides is 3. The molecule has 2 atom stereocenters. The lowest BCUT2D eigenvalue weighted by Crippen LogP contribution is -2.44. The van der Waals surface area contributed by atoms with Gasteiger partial charge in [0.25, 0.3) is 0 Å². The van der Waals surface area contributed by atoms with Crippen LogP contribution in [0.5, 0.6) is 0 Å². The molecule has 1 unspecified atom stereocenters. The van der Waals surface area contributed by atoms with E-state index in [1.165, 1.54) is 17.9 Å². The number of aliphatic hydroxyl groups excluding tert-OH is 1. The summed E-state index contributed by atoms with van der Waals surface area (Å²) in [5, 5.41) is 24.5. The second-order valence-corrected chi connectivity index (χ2v) is 17.0. The molecular formula is C34H42F3N7O3S2. The number of hydrogen-bond acceptors (Lipinski definition) is 10. The third-order valence-corrected chi connectivity index (χ3v) is 12.9. The predicted molar refractivity (Wildman–Crippen MR) is 185 cm³/mol. The van der Waals surface area contributed by atoms with Crippen molar-refractivity contribution in [3.05, 3.63) is 51.8 Å². The molecule has 0 bridgehead atoms. The van der Waals surface area contributed by atoms with Crippen molar-refractivity contribution in [1.29, 1.82) is 5.26 Å². The fourth-order valence-electron chi connectivity index (χ4n) is 7.23. The summed E-state index contributed by atoms with van der Waals surface area (Å²) >= 11 is 0.831. The van der Waals surface area contributed by atoms with E-state index < -0.39 is 22.1 Å². The first-order valence-corrected chi connectivity index (χ1v) is 19.4.